The van der Waals surface area contributed by atoms with Crippen LogP contribution in [0.25, 0.3) is 0 Å². The molecule has 3 nitrogen and oxygen atoms in total. The van der Waals surface area contributed by atoms with E-state index in [-0.39, 0.29) is 29.8 Å². The zero-order valence-corrected chi connectivity index (χ0v) is 10.5. The molecule has 2 rings (SSSR count). The molecule has 0 radical (unpaired) electrons. The monoisotopic (exact) mass is 266 g/mol. The van der Waals surface area contributed by atoms with Gasteiger partial charge in [-0.25, -0.2) is 8.78 Å². The molecule has 5 heteroatoms. The standard InChI is InChI=1S/C14H16F2N2O/c15-11-6-9(8-17)7-12(16)14(11)18-13-3-1-2-10(13)4-5-19/h6-7,10,13,18-19H,1-5H2. The molecule has 0 aromatic heterocycles. The van der Waals surface area contributed by atoms with E-state index in [1.165, 1.54) is 0 Å². The quantitative estimate of drug-likeness (QED) is 0.881. The number of benzene rings is 1. The Morgan fingerprint density at radius 2 is 2.00 bits per heavy atom. The van der Waals surface area contributed by atoms with Crippen LogP contribution in [0.1, 0.15) is 31.2 Å². The lowest BCUT2D eigenvalue weighted by Crippen LogP contribution is -2.25. The summed E-state index contributed by atoms with van der Waals surface area (Å²) in [5.74, 6) is -1.25. The molecule has 102 valence electrons. The predicted molar refractivity (Wildman–Crippen MR) is 67.5 cm³/mol. The number of hydrogen-bond acceptors (Lipinski definition) is 3. The number of nitrogens with one attached hydrogen (secondary N) is 1. The number of hydrogen-bond donors (Lipinski definition) is 2. The summed E-state index contributed by atoms with van der Waals surface area (Å²) in [5, 5.41) is 20.5. The topological polar surface area (TPSA) is 56.0 Å². The van der Waals surface area contributed by atoms with Gasteiger partial charge in [-0.15, -0.1) is 0 Å². The van der Waals surface area contributed by atoms with E-state index in [9.17, 15) is 8.78 Å². The van der Waals surface area contributed by atoms with Gasteiger partial charge in [0.1, 0.15) is 5.69 Å². The second-order valence-corrected chi connectivity index (χ2v) is 4.88. The van der Waals surface area contributed by atoms with Gasteiger partial charge in [-0.2, -0.15) is 5.26 Å². The SMILES string of the molecule is N#Cc1cc(F)c(NC2CCCC2CCO)c(F)c1. The first-order valence-electron chi connectivity index (χ1n) is 6.42. The molecule has 1 aromatic carbocycles. The lowest BCUT2D eigenvalue weighted by Gasteiger charge is -2.22. The largest absolute Gasteiger partial charge is 0.396 e. The second kappa shape index (κ2) is 5.98. The molecule has 1 fully saturated rings. The molecule has 2 unspecified atom stereocenters. The molecule has 0 aliphatic heterocycles. The maximum absolute atomic E-state index is 13.8. The van der Waals surface area contributed by atoms with Crippen LogP contribution in [0.3, 0.4) is 0 Å². The minimum atomic E-state index is -0.744. The lowest BCUT2D eigenvalue weighted by atomic mass is 9.99. The van der Waals surface area contributed by atoms with Gasteiger partial charge in [0.25, 0.3) is 0 Å². The van der Waals surface area contributed by atoms with Crippen molar-refractivity contribution in [3.05, 3.63) is 29.3 Å². The van der Waals surface area contributed by atoms with Gasteiger partial charge in [0.05, 0.1) is 11.6 Å². The molecule has 1 saturated carbocycles. The van der Waals surface area contributed by atoms with Gasteiger partial charge in [-0.3, -0.25) is 0 Å². The zero-order valence-electron chi connectivity index (χ0n) is 10.5. The molecule has 0 bridgehead atoms. The van der Waals surface area contributed by atoms with Crippen LogP contribution in [0.5, 0.6) is 0 Å². The summed E-state index contributed by atoms with van der Waals surface area (Å²) >= 11 is 0. The molecule has 0 spiro atoms. The third-order valence-electron chi connectivity index (χ3n) is 3.66. The average molecular weight is 266 g/mol. The Morgan fingerprint density at radius 1 is 1.32 bits per heavy atom. The van der Waals surface area contributed by atoms with E-state index in [0.29, 0.717) is 6.42 Å². The number of aliphatic hydroxyl groups is 1. The van der Waals surface area contributed by atoms with E-state index < -0.39 is 11.6 Å². The Kier molecular flexibility index (Phi) is 4.33. The summed E-state index contributed by atoms with van der Waals surface area (Å²) in [7, 11) is 0. The molecular weight excluding hydrogens is 250 g/mol. The van der Waals surface area contributed by atoms with E-state index in [0.717, 1.165) is 31.4 Å². The van der Waals surface area contributed by atoms with Gasteiger partial charge in [0, 0.05) is 12.6 Å². The summed E-state index contributed by atoms with van der Waals surface area (Å²) < 4.78 is 27.5. The molecule has 0 amide bonds. The Balaban J connectivity index is 2.17. The highest BCUT2D eigenvalue weighted by Gasteiger charge is 2.28. The normalized spacial score (nSPS) is 22.2. The van der Waals surface area contributed by atoms with Crippen LogP contribution >= 0.6 is 0 Å². The maximum Gasteiger partial charge on any atom is 0.150 e. The highest BCUT2D eigenvalue weighted by Crippen LogP contribution is 2.32. The summed E-state index contributed by atoms with van der Waals surface area (Å²) in [6.07, 6.45) is 3.42. The van der Waals surface area contributed by atoms with Crippen molar-refractivity contribution in [3.63, 3.8) is 0 Å². The van der Waals surface area contributed by atoms with Crippen LogP contribution in [0.15, 0.2) is 12.1 Å². The highest BCUT2D eigenvalue weighted by atomic mass is 19.1. The van der Waals surface area contributed by atoms with Gasteiger partial charge in [0.15, 0.2) is 11.6 Å². The van der Waals surface area contributed by atoms with Crippen molar-refractivity contribution in [1.29, 1.82) is 5.26 Å². The number of nitrogens with zero attached hydrogens (tertiary/aromatic N) is 1. The van der Waals surface area contributed by atoms with Crippen molar-refractivity contribution in [2.75, 3.05) is 11.9 Å². The predicted octanol–water partition coefficient (Wildman–Crippen LogP) is 2.80. The minimum absolute atomic E-state index is 0.0240. The zero-order chi connectivity index (χ0) is 13.8. The molecule has 2 atom stereocenters. The van der Waals surface area contributed by atoms with E-state index >= 15 is 0 Å². The number of nitriles is 1. The van der Waals surface area contributed by atoms with E-state index in [4.69, 9.17) is 10.4 Å². The van der Waals surface area contributed by atoms with Crippen molar-refractivity contribution in [2.24, 2.45) is 5.92 Å². The minimum Gasteiger partial charge on any atom is -0.396 e. The molecule has 1 aromatic rings. The fourth-order valence-corrected chi connectivity index (χ4v) is 2.70. The van der Waals surface area contributed by atoms with Crippen molar-refractivity contribution in [3.8, 4) is 6.07 Å². The Morgan fingerprint density at radius 3 is 2.58 bits per heavy atom. The fraction of sp³-hybridized carbons (Fsp3) is 0.500. The van der Waals surface area contributed by atoms with Gasteiger partial charge in [-0.1, -0.05) is 6.42 Å². The van der Waals surface area contributed by atoms with Crippen LogP contribution in [-0.2, 0) is 0 Å². The number of anilines is 1. The Labute approximate surface area is 110 Å². The third-order valence-corrected chi connectivity index (χ3v) is 3.66. The molecule has 0 saturated heterocycles. The second-order valence-electron chi connectivity index (χ2n) is 4.88. The maximum atomic E-state index is 13.8. The number of aliphatic hydroxyl groups excluding tert-OH is 1. The molecular formula is C14H16F2N2O. The first-order chi connectivity index (χ1) is 9.15. The summed E-state index contributed by atoms with van der Waals surface area (Å²) in [4.78, 5) is 0. The van der Waals surface area contributed by atoms with Gasteiger partial charge < -0.3 is 10.4 Å². The Hall–Kier alpha value is -1.67. The third kappa shape index (κ3) is 3.02. The molecule has 1 aliphatic carbocycles. The first-order valence-corrected chi connectivity index (χ1v) is 6.42. The average Bonchev–Trinajstić information content (AvgIpc) is 2.81. The summed E-state index contributed by atoms with van der Waals surface area (Å²) in [6.45, 7) is 0.0845. The summed E-state index contributed by atoms with van der Waals surface area (Å²) in [5.41, 5.74) is -0.201. The number of rotatable bonds is 4. The molecule has 19 heavy (non-hydrogen) atoms. The van der Waals surface area contributed by atoms with E-state index in [1.54, 1.807) is 6.07 Å². The van der Waals surface area contributed by atoms with Gasteiger partial charge in [-0.05, 0) is 37.3 Å². The van der Waals surface area contributed by atoms with Crippen LogP contribution in [0.4, 0.5) is 14.5 Å². The van der Waals surface area contributed by atoms with E-state index in [2.05, 4.69) is 5.32 Å². The van der Waals surface area contributed by atoms with E-state index in [1.807, 2.05) is 0 Å². The van der Waals surface area contributed by atoms with Crippen molar-refractivity contribution in [2.45, 2.75) is 31.7 Å². The van der Waals surface area contributed by atoms with Gasteiger partial charge >= 0.3 is 0 Å². The van der Waals surface area contributed by atoms with Crippen molar-refractivity contribution >= 4 is 5.69 Å². The van der Waals surface area contributed by atoms with Crippen molar-refractivity contribution in [1.82, 2.24) is 0 Å². The molecule has 1 aliphatic rings. The van der Waals surface area contributed by atoms with Crippen LogP contribution in [0, 0.1) is 28.9 Å². The van der Waals surface area contributed by atoms with Crippen LogP contribution in [-0.4, -0.2) is 17.8 Å². The fourth-order valence-electron chi connectivity index (χ4n) is 2.70. The van der Waals surface area contributed by atoms with Crippen LogP contribution in [0.2, 0.25) is 0 Å². The van der Waals surface area contributed by atoms with Crippen LogP contribution < -0.4 is 5.32 Å². The number of halogens is 2. The smallest absolute Gasteiger partial charge is 0.150 e. The summed E-state index contributed by atoms with van der Waals surface area (Å²) in [6, 6.07) is 3.75. The first kappa shape index (κ1) is 13.8. The molecule has 0 heterocycles. The lowest BCUT2D eigenvalue weighted by molar-refractivity contribution is 0.254. The Bertz CT molecular complexity index is 476. The van der Waals surface area contributed by atoms with Crippen molar-refractivity contribution < 1.29 is 13.9 Å². The molecule has 2 N–H and O–H groups in total. The van der Waals surface area contributed by atoms with Gasteiger partial charge in [0.2, 0.25) is 0 Å². The highest BCUT2D eigenvalue weighted by molar-refractivity contribution is 5.51.